The topological polar surface area (TPSA) is 132 Å². The van der Waals surface area contributed by atoms with Crippen LogP contribution in [0.25, 0.3) is 0 Å². The monoisotopic (exact) mass is 304 g/mol. The van der Waals surface area contributed by atoms with Crippen LogP contribution in [0, 0.1) is 0 Å². The van der Waals surface area contributed by atoms with Gasteiger partial charge < -0.3 is 19.3 Å². The number of hydrogen-bond acceptors (Lipinski definition) is 8. The molecule has 1 amide bonds. The van der Waals surface area contributed by atoms with Crippen molar-refractivity contribution in [1.82, 2.24) is 10.3 Å². The highest BCUT2D eigenvalue weighted by atomic mass is 32.2. The van der Waals surface area contributed by atoms with E-state index in [9.17, 15) is 23.1 Å². The molecule has 0 saturated carbocycles. The minimum Gasteiger partial charge on any atom is -0.505 e. The fraction of sp³-hybridized carbons (Fsp3) is 0.300. The van der Waals surface area contributed by atoms with Gasteiger partial charge in [-0.05, 0) is 0 Å². The minimum atomic E-state index is -3.76. The standard InChI is InChI=1S/C10H12N2O7S/c1-18-8(14)5-12-10(15)9-7(13)3-6(4-11-9)19-20(2,16)17/h3-4,13H,5H2,1-2H3,(H,12,15). The number of aromatic hydroxyl groups is 1. The van der Waals surface area contributed by atoms with Crippen LogP contribution in [-0.2, 0) is 19.6 Å². The number of rotatable bonds is 5. The van der Waals surface area contributed by atoms with Crippen LogP contribution in [0.1, 0.15) is 10.5 Å². The smallest absolute Gasteiger partial charge is 0.325 e. The van der Waals surface area contributed by atoms with E-state index >= 15 is 0 Å². The molecular formula is C10H12N2O7S. The summed E-state index contributed by atoms with van der Waals surface area (Å²) in [4.78, 5) is 26.0. The van der Waals surface area contributed by atoms with Crippen molar-refractivity contribution < 1.29 is 32.0 Å². The molecule has 0 unspecified atom stereocenters. The molecule has 1 rings (SSSR count). The molecule has 1 aromatic rings. The van der Waals surface area contributed by atoms with Gasteiger partial charge in [0.2, 0.25) is 0 Å². The van der Waals surface area contributed by atoms with Crippen LogP contribution < -0.4 is 9.50 Å². The fourth-order valence-electron chi connectivity index (χ4n) is 1.14. The van der Waals surface area contributed by atoms with Gasteiger partial charge in [0, 0.05) is 6.07 Å². The Bertz CT molecular complexity index is 626. The predicted octanol–water partition coefficient (Wildman–Crippen LogP) is -0.972. The van der Waals surface area contributed by atoms with Gasteiger partial charge in [0.05, 0.1) is 19.6 Å². The number of aromatic nitrogens is 1. The summed E-state index contributed by atoms with van der Waals surface area (Å²) in [6.07, 6.45) is 1.77. The first-order valence-electron chi connectivity index (χ1n) is 5.16. The molecule has 0 aliphatic carbocycles. The number of esters is 1. The molecule has 2 N–H and O–H groups in total. The molecule has 1 aromatic heterocycles. The number of nitrogens with zero attached hydrogens (tertiary/aromatic N) is 1. The molecular weight excluding hydrogens is 292 g/mol. The zero-order valence-electron chi connectivity index (χ0n) is 10.6. The zero-order valence-corrected chi connectivity index (χ0v) is 11.4. The van der Waals surface area contributed by atoms with Crippen molar-refractivity contribution in [3.8, 4) is 11.5 Å². The van der Waals surface area contributed by atoms with Gasteiger partial charge in [-0.25, -0.2) is 4.98 Å². The van der Waals surface area contributed by atoms with Gasteiger partial charge in [-0.2, -0.15) is 8.42 Å². The SMILES string of the molecule is COC(=O)CNC(=O)c1ncc(OS(C)(=O)=O)cc1O. The van der Waals surface area contributed by atoms with Gasteiger partial charge in [0.1, 0.15) is 6.54 Å². The number of hydrogen-bond donors (Lipinski definition) is 2. The maximum Gasteiger partial charge on any atom is 0.325 e. The van der Waals surface area contributed by atoms with Crippen LogP contribution in [-0.4, -0.2) is 50.3 Å². The third-order valence-corrected chi connectivity index (χ3v) is 2.42. The summed E-state index contributed by atoms with van der Waals surface area (Å²) in [5, 5.41) is 11.7. The Morgan fingerprint density at radius 2 is 2.10 bits per heavy atom. The minimum absolute atomic E-state index is 0.241. The van der Waals surface area contributed by atoms with E-state index in [4.69, 9.17) is 0 Å². The molecule has 0 atom stereocenters. The molecule has 110 valence electrons. The Labute approximate surface area is 114 Å². The Kier molecular flexibility index (Phi) is 4.86. The van der Waals surface area contributed by atoms with Crippen molar-refractivity contribution in [3.63, 3.8) is 0 Å². The first kappa shape index (κ1) is 15.7. The number of pyridine rings is 1. The highest BCUT2D eigenvalue weighted by Gasteiger charge is 2.16. The third kappa shape index (κ3) is 4.72. The average Bonchev–Trinajstić information content (AvgIpc) is 2.33. The summed E-state index contributed by atoms with van der Waals surface area (Å²) in [5.74, 6) is -2.32. The lowest BCUT2D eigenvalue weighted by molar-refractivity contribution is -0.139. The first-order valence-corrected chi connectivity index (χ1v) is 6.98. The van der Waals surface area contributed by atoms with Crippen LogP contribution in [0.4, 0.5) is 0 Å². The second-order valence-corrected chi connectivity index (χ2v) is 5.16. The van der Waals surface area contributed by atoms with Crippen LogP contribution in [0.15, 0.2) is 12.3 Å². The number of methoxy groups -OCH3 is 1. The van der Waals surface area contributed by atoms with Gasteiger partial charge in [-0.15, -0.1) is 0 Å². The molecule has 0 bridgehead atoms. The quantitative estimate of drug-likeness (QED) is 0.524. The predicted molar refractivity (Wildman–Crippen MR) is 65.7 cm³/mol. The molecule has 1 heterocycles. The Morgan fingerprint density at radius 3 is 2.60 bits per heavy atom. The van der Waals surface area contributed by atoms with Crippen molar-refractivity contribution >= 4 is 22.0 Å². The number of amides is 1. The molecule has 20 heavy (non-hydrogen) atoms. The third-order valence-electron chi connectivity index (χ3n) is 1.93. The van der Waals surface area contributed by atoms with E-state index in [0.29, 0.717) is 0 Å². The van der Waals surface area contributed by atoms with E-state index in [1.807, 2.05) is 0 Å². The molecule has 0 aliphatic heterocycles. The van der Waals surface area contributed by atoms with Crippen LogP contribution in [0.2, 0.25) is 0 Å². The summed E-state index contributed by atoms with van der Waals surface area (Å²) in [6.45, 7) is -0.391. The second kappa shape index (κ2) is 6.19. The van der Waals surface area contributed by atoms with E-state index in [-0.39, 0.29) is 11.4 Å². The fourth-order valence-corrected chi connectivity index (χ4v) is 1.58. The van der Waals surface area contributed by atoms with Crippen LogP contribution >= 0.6 is 0 Å². The lowest BCUT2D eigenvalue weighted by Gasteiger charge is -2.07. The number of ether oxygens (including phenoxy) is 1. The largest absolute Gasteiger partial charge is 0.505 e. The van der Waals surface area contributed by atoms with Crippen LogP contribution in [0.5, 0.6) is 11.5 Å². The van der Waals surface area contributed by atoms with Crippen molar-refractivity contribution in [2.24, 2.45) is 0 Å². The van der Waals surface area contributed by atoms with E-state index in [0.717, 1.165) is 25.6 Å². The maximum absolute atomic E-state index is 11.6. The molecule has 0 aromatic carbocycles. The van der Waals surface area contributed by atoms with Crippen molar-refractivity contribution in [2.75, 3.05) is 19.9 Å². The zero-order chi connectivity index (χ0) is 15.3. The van der Waals surface area contributed by atoms with E-state index in [2.05, 4.69) is 19.2 Å². The molecule has 0 fully saturated rings. The molecule has 9 nitrogen and oxygen atoms in total. The summed E-state index contributed by atoms with van der Waals surface area (Å²) in [6, 6.07) is 0.918. The Balaban J connectivity index is 2.82. The van der Waals surface area contributed by atoms with Gasteiger partial charge in [0.15, 0.2) is 17.2 Å². The lowest BCUT2D eigenvalue weighted by atomic mass is 10.3. The summed E-state index contributed by atoms with van der Waals surface area (Å²) in [7, 11) is -2.61. The Morgan fingerprint density at radius 1 is 1.45 bits per heavy atom. The molecule has 0 spiro atoms. The molecule has 0 radical (unpaired) electrons. The Hall–Kier alpha value is -2.36. The van der Waals surface area contributed by atoms with Gasteiger partial charge in [0.25, 0.3) is 5.91 Å². The normalized spacial score (nSPS) is 10.7. The lowest BCUT2D eigenvalue weighted by Crippen LogP contribution is -2.30. The van der Waals surface area contributed by atoms with Crippen molar-refractivity contribution in [2.45, 2.75) is 0 Å². The van der Waals surface area contributed by atoms with Gasteiger partial charge >= 0.3 is 16.1 Å². The van der Waals surface area contributed by atoms with Crippen LogP contribution in [0.3, 0.4) is 0 Å². The number of carbonyl (C=O) groups is 2. The number of carbonyl (C=O) groups excluding carboxylic acids is 2. The summed E-state index contributed by atoms with van der Waals surface area (Å²) < 4.78 is 30.6. The van der Waals surface area contributed by atoms with Gasteiger partial charge in [-0.3, -0.25) is 9.59 Å². The summed E-state index contributed by atoms with van der Waals surface area (Å²) in [5.41, 5.74) is -0.380. The number of nitrogens with one attached hydrogen (secondary N) is 1. The highest BCUT2D eigenvalue weighted by Crippen LogP contribution is 2.21. The highest BCUT2D eigenvalue weighted by molar-refractivity contribution is 7.86. The first-order chi connectivity index (χ1) is 9.23. The van der Waals surface area contributed by atoms with Gasteiger partial charge in [-0.1, -0.05) is 0 Å². The molecule has 0 aliphatic rings. The van der Waals surface area contributed by atoms with E-state index < -0.39 is 34.3 Å². The van der Waals surface area contributed by atoms with Crippen molar-refractivity contribution in [3.05, 3.63) is 18.0 Å². The summed E-state index contributed by atoms with van der Waals surface area (Å²) >= 11 is 0. The van der Waals surface area contributed by atoms with Crippen molar-refractivity contribution in [1.29, 1.82) is 0 Å². The van der Waals surface area contributed by atoms with E-state index in [1.165, 1.54) is 0 Å². The maximum atomic E-state index is 11.6. The van der Waals surface area contributed by atoms with E-state index in [1.54, 1.807) is 0 Å². The molecule has 0 saturated heterocycles. The molecule has 10 heteroatoms. The average molecular weight is 304 g/mol. The second-order valence-electron chi connectivity index (χ2n) is 3.59.